The average Bonchev–Trinajstić information content (AvgIpc) is 2.87. The number of nitrogens with zero attached hydrogens (tertiary/aromatic N) is 3. The molecular formula is C17H21N3O. The van der Waals surface area contributed by atoms with Crippen molar-refractivity contribution in [2.24, 2.45) is 0 Å². The maximum absolute atomic E-state index is 12.5. The molecule has 4 nitrogen and oxygen atoms in total. The standard InChI is InChI=1S/C17H21N3O/c1-12-11-16(21)20-15-10-6-5-9-14(15)18-17(20)19(12)13-7-3-2-4-8-13/h5-6,9-10,12-13H,2-4,7-8,11H2,1H3. The van der Waals surface area contributed by atoms with Crippen LogP contribution in [0.2, 0.25) is 0 Å². The fourth-order valence-corrected chi connectivity index (χ4v) is 3.95. The Hall–Kier alpha value is -1.84. The van der Waals surface area contributed by atoms with Crippen LogP contribution in [0.25, 0.3) is 11.0 Å². The van der Waals surface area contributed by atoms with Gasteiger partial charge in [0.15, 0.2) is 0 Å². The number of benzene rings is 1. The molecule has 1 aliphatic heterocycles. The van der Waals surface area contributed by atoms with Crippen molar-refractivity contribution in [1.82, 2.24) is 9.55 Å². The number of rotatable bonds is 1. The molecule has 110 valence electrons. The highest BCUT2D eigenvalue weighted by atomic mass is 16.2. The van der Waals surface area contributed by atoms with E-state index in [9.17, 15) is 4.79 Å². The first-order valence-corrected chi connectivity index (χ1v) is 8.05. The molecule has 1 aliphatic carbocycles. The van der Waals surface area contributed by atoms with Crippen LogP contribution in [-0.2, 0) is 0 Å². The molecule has 2 heterocycles. The predicted octanol–water partition coefficient (Wildman–Crippen LogP) is 3.61. The monoisotopic (exact) mass is 283 g/mol. The van der Waals surface area contributed by atoms with Gasteiger partial charge in [0.25, 0.3) is 0 Å². The van der Waals surface area contributed by atoms with E-state index in [1.165, 1.54) is 32.1 Å². The van der Waals surface area contributed by atoms with Crippen molar-refractivity contribution < 1.29 is 4.79 Å². The highest BCUT2D eigenvalue weighted by molar-refractivity contribution is 5.96. The van der Waals surface area contributed by atoms with Crippen molar-refractivity contribution in [3.63, 3.8) is 0 Å². The normalized spacial score (nSPS) is 23.6. The quantitative estimate of drug-likeness (QED) is 0.802. The van der Waals surface area contributed by atoms with Gasteiger partial charge >= 0.3 is 0 Å². The van der Waals surface area contributed by atoms with Crippen molar-refractivity contribution in [3.8, 4) is 0 Å². The highest BCUT2D eigenvalue weighted by Gasteiger charge is 2.36. The summed E-state index contributed by atoms with van der Waals surface area (Å²) in [6.07, 6.45) is 6.96. The van der Waals surface area contributed by atoms with Crippen LogP contribution in [-0.4, -0.2) is 27.5 Å². The Bertz CT molecular complexity index is 684. The first-order valence-electron chi connectivity index (χ1n) is 8.05. The van der Waals surface area contributed by atoms with Crippen LogP contribution in [0.3, 0.4) is 0 Å². The maximum Gasteiger partial charge on any atom is 0.236 e. The Morgan fingerprint density at radius 3 is 2.71 bits per heavy atom. The van der Waals surface area contributed by atoms with Gasteiger partial charge in [-0.05, 0) is 31.9 Å². The van der Waals surface area contributed by atoms with Gasteiger partial charge in [0, 0.05) is 18.5 Å². The number of para-hydroxylation sites is 2. The van der Waals surface area contributed by atoms with Gasteiger partial charge in [-0.2, -0.15) is 0 Å². The molecular weight excluding hydrogens is 262 g/mol. The molecule has 0 spiro atoms. The van der Waals surface area contributed by atoms with Crippen LogP contribution in [0.5, 0.6) is 0 Å². The van der Waals surface area contributed by atoms with E-state index in [2.05, 4.69) is 11.8 Å². The molecule has 0 bridgehead atoms. The number of aromatic nitrogens is 2. The first kappa shape index (κ1) is 12.9. The molecule has 2 aliphatic rings. The summed E-state index contributed by atoms with van der Waals surface area (Å²) in [6.45, 7) is 2.16. The van der Waals surface area contributed by atoms with E-state index in [1.807, 2.05) is 28.8 Å². The zero-order chi connectivity index (χ0) is 14.4. The van der Waals surface area contributed by atoms with Crippen molar-refractivity contribution in [1.29, 1.82) is 0 Å². The highest BCUT2D eigenvalue weighted by Crippen LogP contribution is 2.35. The Balaban J connectivity index is 1.86. The van der Waals surface area contributed by atoms with Crippen molar-refractivity contribution >= 4 is 22.9 Å². The van der Waals surface area contributed by atoms with Crippen LogP contribution in [0.4, 0.5) is 5.95 Å². The molecule has 1 aromatic heterocycles. The van der Waals surface area contributed by atoms with E-state index in [0.717, 1.165) is 17.0 Å². The lowest BCUT2D eigenvalue weighted by Gasteiger charge is -2.41. The first-order chi connectivity index (χ1) is 10.3. The zero-order valence-corrected chi connectivity index (χ0v) is 12.5. The number of anilines is 1. The van der Waals surface area contributed by atoms with Gasteiger partial charge in [-0.25, -0.2) is 9.55 Å². The predicted molar refractivity (Wildman–Crippen MR) is 83.8 cm³/mol. The van der Waals surface area contributed by atoms with Gasteiger partial charge in [0.2, 0.25) is 11.9 Å². The van der Waals surface area contributed by atoms with Gasteiger partial charge in [-0.1, -0.05) is 31.4 Å². The summed E-state index contributed by atoms with van der Waals surface area (Å²) >= 11 is 0. The molecule has 1 aromatic carbocycles. The molecule has 4 rings (SSSR count). The smallest absolute Gasteiger partial charge is 0.236 e. The number of carbonyl (C=O) groups excluding carboxylic acids is 1. The molecule has 0 radical (unpaired) electrons. The summed E-state index contributed by atoms with van der Waals surface area (Å²) in [7, 11) is 0. The van der Waals surface area contributed by atoms with Gasteiger partial charge in [0.1, 0.15) is 0 Å². The third-order valence-corrected chi connectivity index (χ3v) is 4.94. The molecule has 1 atom stereocenters. The summed E-state index contributed by atoms with van der Waals surface area (Å²) in [4.78, 5) is 19.7. The second-order valence-corrected chi connectivity index (χ2v) is 6.38. The number of fused-ring (bicyclic) bond motifs is 3. The minimum absolute atomic E-state index is 0.179. The van der Waals surface area contributed by atoms with Crippen molar-refractivity contribution in [2.75, 3.05) is 4.90 Å². The number of carbonyl (C=O) groups is 1. The second-order valence-electron chi connectivity index (χ2n) is 6.38. The van der Waals surface area contributed by atoms with E-state index in [1.54, 1.807) is 0 Å². The number of hydrogen-bond donors (Lipinski definition) is 0. The van der Waals surface area contributed by atoms with Crippen LogP contribution in [0, 0.1) is 0 Å². The molecule has 2 aromatic rings. The Morgan fingerprint density at radius 1 is 1.14 bits per heavy atom. The van der Waals surface area contributed by atoms with Crippen LogP contribution >= 0.6 is 0 Å². The lowest BCUT2D eigenvalue weighted by molar-refractivity contribution is 0.0883. The Labute approximate surface area is 124 Å². The van der Waals surface area contributed by atoms with Crippen molar-refractivity contribution in [3.05, 3.63) is 24.3 Å². The van der Waals surface area contributed by atoms with Crippen molar-refractivity contribution in [2.45, 2.75) is 57.5 Å². The van der Waals surface area contributed by atoms with Crippen LogP contribution in [0.1, 0.15) is 50.2 Å². The summed E-state index contributed by atoms with van der Waals surface area (Å²) in [5, 5.41) is 0. The Morgan fingerprint density at radius 2 is 1.90 bits per heavy atom. The summed E-state index contributed by atoms with van der Waals surface area (Å²) in [5.41, 5.74) is 1.88. The van der Waals surface area contributed by atoms with E-state index in [-0.39, 0.29) is 11.9 Å². The summed E-state index contributed by atoms with van der Waals surface area (Å²) < 4.78 is 1.84. The van der Waals surface area contributed by atoms with Gasteiger partial charge in [-0.15, -0.1) is 0 Å². The minimum Gasteiger partial charge on any atom is -0.336 e. The van der Waals surface area contributed by atoms with Gasteiger partial charge in [-0.3, -0.25) is 4.79 Å². The topological polar surface area (TPSA) is 38.1 Å². The summed E-state index contributed by atoms with van der Waals surface area (Å²) in [6, 6.07) is 8.76. The lowest BCUT2D eigenvalue weighted by atomic mass is 9.92. The van der Waals surface area contributed by atoms with E-state index in [4.69, 9.17) is 4.98 Å². The van der Waals surface area contributed by atoms with Gasteiger partial charge in [0.05, 0.1) is 11.0 Å². The van der Waals surface area contributed by atoms with E-state index in [0.29, 0.717) is 12.5 Å². The lowest BCUT2D eigenvalue weighted by Crippen LogP contribution is -2.49. The fourth-order valence-electron chi connectivity index (χ4n) is 3.95. The second kappa shape index (κ2) is 4.86. The molecule has 0 saturated heterocycles. The number of imidazole rings is 1. The molecule has 1 saturated carbocycles. The van der Waals surface area contributed by atoms with E-state index >= 15 is 0 Å². The average molecular weight is 283 g/mol. The summed E-state index contributed by atoms with van der Waals surface area (Å²) in [5.74, 6) is 1.05. The SMILES string of the molecule is CC1CC(=O)n2c(nc3ccccc32)N1C1CCCCC1. The molecule has 0 N–H and O–H groups in total. The Kier molecular flexibility index (Phi) is 2.98. The third-order valence-electron chi connectivity index (χ3n) is 4.94. The molecule has 1 unspecified atom stereocenters. The zero-order valence-electron chi connectivity index (χ0n) is 12.5. The minimum atomic E-state index is 0.179. The maximum atomic E-state index is 12.5. The molecule has 21 heavy (non-hydrogen) atoms. The largest absolute Gasteiger partial charge is 0.336 e. The van der Waals surface area contributed by atoms with Crippen LogP contribution < -0.4 is 4.90 Å². The molecule has 1 fully saturated rings. The molecule has 4 heteroatoms. The fraction of sp³-hybridized carbons (Fsp3) is 0.529. The van der Waals surface area contributed by atoms with Gasteiger partial charge < -0.3 is 4.90 Å². The molecule has 0 amide bonds. The number of hydrogen-bond acceptors (Lipinski definition) is 3. The third kappa shape index (κ3) is 1.96. The van der Waals surface area contributed by atoms with Crippen LogP contribution in [0.15, 0.2) is 24.3 Å². The van der Waals surface area contributed by atoms with E-state index < -0.39 is 0 Å².